The Labute approximate surface area is 132 Å². The fraction of sp³-hybridized carbons (Fsp3) is 0.588. The molecule has 1 amide bonds. The Hall–Kier alpha value is -1.75. The van der Waals surface area contributed by atoms with Gasteiger partial charge in [-0.3, -0.25) is 4.79 Å². The Morgan fingerprint density at radius 2 is 2.05 bits per heavy atom. The minimum absolute atomic E-state index is 0.145. The van der Waals surface area contributed by atoms with E-state index in [0.717, 1.165) is 37.4 Å². The minimum Gasteiger partial charge on any atom is -0.497 e. The number of rotatable bonds is 6. The van der Waals surface area contributed by atoms with Gasteiger partial charge in [0, 0.05) is 19.1 Å². The number of nitrogens with zero attached hydrogens (tertiary/aromatic N) is 1. The zero-order valence-electron chi connectivity index (χ0n) is 13.5. The number of amides is 1. The van der Waals surface area contributed by atoms with E-state index >= 15 is 0 Å². The Balaban J connectivity index is 1.75. The van der Waals surface area contributed by atoms with Crippen molar-refractivity contribution in [3.05, 3.63) is 24.3 Å². The molecule has 1 saturated heterocycles. The van der Waals surface area contributed by atoms with Gasteiger partial charge in [-0.2, -0.15) is 0 Å². The summed E-state index contributed by atoms with van der Waals surface area (Å²) in [5.74, 6) is 2.11. The summed E-state index contributed by atoms with van der Waals surface area (Å²) in [7, 11) is 1.63. The molecular formula is C17H26N2O3. The van der Waals surface area contributed by atoms with Crippen molar-refractivity contribution in [3.63, 3.8) is 0 Å². The lowest BCUT2D eigenvalue weighted by molar-refractivity contribution is -0.133. The van der Waals surface area contributed by atoms with Crippen LogP contribution >= 0.6 is 0 Å². The van der Waals surface area contributed by atoms with Crippen LogP contribution in [0.2, 0.25) is 0 Å². The highest BCUT2D eigenvalue weighted by Gasteiger charge is 2.25. The first kappa shape index (κ1) is 16.6. The molecule has 2 rings (SSSR count). The van der Waals surface area contributed by atoms with Crippen molar-refractivity contribution >= 4 is 5.91 Å². The molecule has 0 saturated carbocycles. The molecule has 5 heteroatoms. The van der Waals surface area contributed by atoms with Crippen LogP contribution in [0, 0.1) is 5.92 Å². The van der Waals surface area contributed by atoms with Crippen LogP contribution in [0.15, 0.2) is 24.3 Å². The van der Waals surface area contributed by atoms with Gasteiger partial charge in [0.15, 0.2) is 0 Å². The molecule has 2 atom stereocenters. The van der Waals surface area contributed by atoms with Crippen LogP contribution in [0.1, 0.15) is 26.2 Å². The number of carbonyl (C=O) groups is 1. The van der Waals surface area contributed by atoms with E-state index in [9.17, 15) is 4.79 Å². The maximum atomic E-state index is 12.2. The van der Waals surface area contributed by atoms with Gasteiger partial charge in [0.05, 0.1) is 20.1 Å². The molecule has 1 aliphatic rings. The monoisotopic (exact) mass is 306 g/mol. The maximum Gasteiger partial charge on any atom is 0.226 e. The van der Waals surface area contributed by atoms with Crippen molar-refractivity contribution in [2.24, 2.45) is 11.7 Å². The summed E-state index contributed by atoms with van der Waals surface area (Å²) in [6.07, 6.45) is 2.55. The minimum atomic E-state index is 0.145. The van der Waals surface area contributed by atoms with Gasteiger partial charge in [0.25, 0.3) is 0 Å². The van der Waals surface area contributed by atoms with E-state index in [1.54, 1.807) is 7.11 Å². The second-order valence-electron chi connectivity index (χ2n) is 5.88. The molecule has 22 heavy (non-hydrogen) atoms. The summed E-state index contributed by atoms with van der Waals surface area (Å²) in [6.45, 7) is 4.03. The van der Waals surface area contributed by atoms with Crippen LogP contribution in [-0.4, -0.2) is 43.7 Å². The second kappa shape index (κ2) is 8.03. The van der Waals surface area contributed by atoms with E-state index in [4.69, 9.17) is 15.2 Å². The lowest BCUT2D eigenvalue weighted by Crippen LogP contribution is -2.45. The predicted octanol–water partition coefficient (Wildman–Crippen LogP) is 2.05. The van der Waals surface area contributed by atoms with Crippen LogP contribution in [0.3, 0.4) is 0 Å². The Morgan fingerprint density at radius 1 is 1.36 bits per heavy atom. The van der Waals surface area contributed by atoms with Gasteiger partial charge in [0.2, 0.25) is 5.91 Å². The van der Waals surface area contributed by atoms with Gasteiger partial charge in [0.1, 0.15) is 11.5 Å². The van der Waals surface area contributed by atoms with Crippen LogP contribution in [-0.2, 0) is 4.79 Å². The third-order valence-electron chi connectivity index (χ3n) is 4.20. The number of methoxy groups -OCH3 is 1. The quantitative estimate of drug-likeness (QED) is 0.873. The van der Waals surface area contributed by atoms with Gasteiger partial charge >= 0.3 is 0 Å². The number of nitrogens with two attached hydrogens (primary N) is 1. The number of piperidine rings is 1. The van der Waals surface area contributed by atoms with Crippen molar-refractivity contribution in [1.29, 1.82) is 0 Å². The summed E-state index contributed by atoms with van der Waals surface area (Å²) in [5.41, 5.74) is 5.96. The van der Waals surface area contributed by atoms with E-state index in [2.05, 4.69) is 0 Å². The highest BCUT2D eigenvalue weighted by molar-refractivity contribution is 5.76. The second-order valence-corrected chi connectivity index (χ2v) is 5.88. The van der Waals surface area contributed by atoms with Crippen LogP contribution in [0.25, 0.3) is 0 Å². The third kappa shape index (κ3) is 4.63. The maximum absolute atomic E-state index is 12.2. The molecule has 2 N–H and O–H groups in total. The van der Waals surface area contributed by atoms with E-state index in [1.807, 2.05) is 36.1 Å². The SMILES string of the molecule is COc1ccc(OCCC(=O)N2CCCC(C(C)N)C2)cc1. The molecule has 1 aliphatic heterocycles. The molecule has 2 unspecified atom stereocenters. The van der Waals surface area contributed by atoms with Crippen molar-refractivity contribution in [2.75, 3.05) is 26.8 Å². The predicted molar refractivity (Wildman–Crippen MR) is 86.1 cm³/mol. The molecule has 122 valence electrons. The van der Waals surface area contributed by atoms with Crippen molar-refractivity contribution < 1.29 is 14.3 Å². The molecule has 0 bridgehead atoms. The standard InChI is InChI=1S/C17H26N2O3/c1-13(18)14-4-3-10-19(12-14)17(20)9-11-22-16-7-5-15(21-2)6-8-16/h5-8,13-14H,3-4,9-12,18H2,1-2H3. The topological polar surface area (TPSA) is 64.8 Å². The smallest absolute Gasteiger partial charge is 0.226 e. The molecule has 1 aromatic carbocycles. The number of benzene rings is 1. The summed E-state index contributed by atoms with van der Waals surface area (Å²) in [5, 5.41) is 0. The average molecular weight is 306 g/mol. The van der Waals surface area contributed by atoms with Crippen molar-refractivity contribution in [1.82, 2.24) is 4.90 Å². The first-order valence-electron chi connectivity index (χ1n) is 7.90. The molecule has 1 fully saturated rings. The molecule has 0 aromatic heterocycles. The Morgan fingerprint density at radius 3 is 2.68 bits per heavy atom. The van der Waals surface area contributed by atoms with E-state index in [0.29, 0.717) is 18.9 Å². The highest BCUT2D eigenvalue weighted by Crippen LogP contribution is 2.20. The summed E-state index contributed by atoms with van der Waals surface area (Å²) < 4.78 is 10.7. The lowest BCUT2D eigenvalue weighted by atomic mass is 9.92. The molecular weight excluding hydrogens is 280 g/mol. The summed E-state index contributed by atoms with van der Waals surface area (Å²) in [6, 6.07) is 7.52. The molecule has 0 radical (unpaired) electrons. The number of hydrogen-bond donors (Lipinski definition) is 1. The van der Waals surface area contributed by atoms with Gasteiger partial charge in [-0.05, 0) is 49.9 Å². The summed E-state index contributed by atoms with van der Waals surface area (Å²) in [4.78, 5) is 14.2. The van der Waals surface area contributed by atoms with Crippen LogP contribution < -0.4 is 15.2 Å². The first-order chi connectivity index (χ1) is 10.6. The Bertz CT molecular complexity index is 473. The highest BCUT2D eigenvalue weighted by atomic mass is 16.5. The van der Waals surface area contributed by atoms with Crippen molar-refractivity contribution in [3.8, 4) is 11.5 Å². The van der Waals surface area contributed by atoms with E-state index in [-0.39, 0.29) is 11.9 Å². The van der Waals surface area contributed by atoms with Crippen LogP contribution in [0.4, 0.5) is 0 Å². The summed E-state index contributed by atoms with van der Waals surface area (Å²) >= 11 is 0. The van der Waals surface area contributed by atoms with E-state index < -0.39 is 0 Å². The lowest BCUT2D eigenvalue weighted by Gasteiger charge is -2.34. The largest absolute Gasteiger partial charge is 0.497 e. The number of likely N-dealkylation sites (tertiary alicyclic amines) is 1. The van der Waals surface area contributed by atoms with E-state index in [1.165, 1.54) is 0 Å². The van der Waals surface area contributed by atoms with Gasteiger partial charge < -0.3 is 20.1 Å². The number of ether oxygens (including phenoxy) is 2. The fourth-order valence-corrected chi connectivity index (χ4v) is 2.75. The molecule has 1 aromatic rings. The Kier molecular flexibility index (Phi) is 6.07. The number of carbonyl (C=O) groups excluding carboxylic acids is 1. The average Bonchev–Trinajstić information content (AvgIpc) is 2.55. The molecule has 0 aliphatic carbocycles. The fourth-order valence-electron chi connectivity index (χ4n) is 2.75. The zero-order valence-corrected chi connectivity index (χ0v) is 13.5. The molecule has 1 heterocycles. The van der Waals surface area contributed by atoms with Gasteiger partial charge in [-0.1, -0.05) is 0 Å². The van der Waals surface area contributed by atoms with Gasteiger partial charge in [-0.15, -0.1) is 0 Å². The normalized spacial score (nSPS) is 19.6. The van der Waals surface area contributed by atoms with Crippen molar-refractivity contribution in [2.45, 2.75) is 32.2 Å². The van der Waals surface area contributed by atoms with Gasteiger partial charge in [-0.25, -0.2) is 0 Å². The number of hydrogen-bond acceptors (Lipinski definition) is 4. The zero-order chi connectivity index (χ0) is 15.9. The third-order valence-corrected chi connectivity index (χ3v) is 4.20. The molecule has 5 nitrogen and oxygen atoms in total. The first-order valence-corrected chi connectivity index (χ1v) is 7.90. The van der Waals surface area contributed by atoms with Crippen LogP contribution in [0.5, 0.6) is 11.5 Å². The molecule has 0 spiro atoms.